The van der Waals surface area contributed by atoms with Crippen molar-refractivity contribution >= 4 is 0 Å². The predicted molar refractivity (Wildman–Crippen MR) is 61.3 cm³/mol. The van der Waals surface area contributed by atoms with Crippen molar-refractivity contribution in [3.63, 3.8) is 0 Å². The Labute approximate surface area is 95.7 Å². The van der Waals surface area contributed by atoms with E-state index in [9.17, 15) is 10.2 Å². The van der Waals surface area contributed by atoms with Gasteiger partial charge in [0.25, 0.3) is 0 Å². The Kier molecular flexibility index (Phi) is 2.91. The molecule has 2 N–H and O–H groups in total. The molecule has 0 amide bonds. The lowest BCUT2D eigenvalue weighted by Gasteiger charge is -2.12. The molecule has 1 fully saturated rings. The number of aliphatic hydroxyl groups excluding tert-OH is 1. The average Bonchev–Trinajstić information content (AvgIpc) is 2.86. The van der Waals surface area contributed by atoms with E-state index >= 15 is 0 Å². The van der Waals surface area contributed by atoms with Crippen LogP contribution < -0.4 is 4.74 Å². The largest absolute Gasteiger partial charge is 0.497 e. The molecule has 1 saturated carbocycles. The second-order valence-electron chi connectivity index (χ2n) is 4.78. The van der Waals surface area contributed by atoms with E-state index < -0.39 is 11.7 Å². The highest BCUT2D eigenvalue weighted by Crippen LogP contribution is 2.47. The van der Waals surface area contributed by atoms with Gasteiger partial charge in [0, 0.05) is 0 Å². The van der Waals surface area contributed by atoms with Crippen molar-refractivity contribution < 1.29 is 14.9 Å². The quantitative estimate of drug-likeness (QED) is 0.818. The van der Waals surface area contributed by atoms with Crippen LogP contribution in [0.2, 0.25) is 0 Å². The highest BCUT2D eigenvalue weighted by Gasteiger charge is 2.48. The molecule has 0 saturated heterocycles. The van der Waals surface area contributed by atoms with Gasteiger partial charge in [-0.1, -0.05) is 12.1 Å². The maximum Gasteiger partial charge on any atom is 0.118 e. The smallest absolute Gasteiger partial charge is 0.118 e. The van der Waals surface area contributed by atoms with E-state index in [2.05, 4.69) is 0 Å². The van der Waals surface area contributed by atoms with Crippen molar-refractivity contribution in [1.82, 2.24) is 0 Å². The summed E-state index contributed by atoms with van der Waals surface area (Å²) in [5.74, 6) is 1.01. The van der Waals surface area contributed by atoms with Gasteiger partial charge in [0.1, 0.15) is 5.75 Å². The minimum Gasteiger partial charge on any atom is -0.497 e. The van der Waals surface area contributed by atoms with E-state index in [1.807, 2.05) is 31.2 Å². The van der Waals surface area contributed by atoms with Crippen molar-refractivity contribution in [3.8, 4) is 5.75 Å². The van der Waals surface area contributed by atoms with E-state index in [1.165, 1.54) is 0 Å². The zero-order valence-electron chi connectivity index (χ0n) is 9.68. The minimum absolute atomic E-state index is 0.226. The third kappa shape index (κ3) is 2.36. The Morgan fingerprint density at radius 2 is 2.00 bits per heavy atom. The molecule has 2 rings (SSSR count). The molecule has 1 aromatic rings. The average molecular weight is 222 g/mol. The number of benzene rings is 1. The van der Waals surface area contributed by atoms with Gasteiger partial charge in [-0.2, -0.15) is 0 Å². The van der Waals surface area contributed by atoms with Crippen molar-refractivity contribution in [2.75, 3.05) is 7.11 Å². The molecular formula is C13H18O3. The molecule has 3 unspecified atom stereocenters. The first kappa shape index (κ1) is 11.4. The lowest BCUT2D eigenvalue weighted by atomic mass is 10.0. The van der Waals surface area contributed by atoms with Gasteiger partial charge < -0.3 is 14.9 Å². The first-order valence-corrected chi connectivity index (χ1v) is 5.57. The van der Waals surface area contributed by atoms with Crippen molar-refractivity contribution in [2.24, 2.45) is 5.92 Å². The van der Waals surface area contributed by atoms with Gasteiger partial charge >= 0.3 is 0 Å². The number of ether oxygens (including phenoxy) is 1. The molecule has 3 heteroatoms. The lowest BCUT2D eigenvalue weighted by molar-refractivity contribution is 0.114. The summed E-state index contributed by atoms with van der Waals surface area (Å²) in [6.45, 7) is 1.82. The zero-order chi connectivity index (χ0) is 11.8. The molecule has 0 aliphatic heterocycles. The Morgan fingerprint density at radius 1 is 1.44 bits per heavy atom. The van der Waals surface area contributed by atoms with E-state index in [-0.39, 0.29) is 5.92 Å². The van der Waals surface area contributed by atoms with Crippen LogP contribution in [0.5, 0.6) is 5.75 Å². The summed E-state index contributed by atoms with van der Waals surface area (Å²) < 4.78 is 5.05. The van der Waals surface area contributed by atoms with Crippen molar-refractivity contribution in [2.45, 2.75) is 31.5 Å². The Morgan fingerprint density at radius 3 is 2.44 bits per heavy atom. The van der Waals surface area contributed by atoms with Gasteiger partial charge in [0.2, 0.25) is 0 Å². The van der Waals surface area contributed by atoms with Crippen LogP contribution in [0.15, 0.2) is 24.3 Å². The van der Waals surface area contributed by atoms with Gasteiger partial charge in [-0.3, -0.25) is 0 Å². The summed E-state index contributed by atoms with van der Waals surface area (Å²) >= 11 is 0. The monoisotopic (exact) mass is 222 g/mol. The maximum absolute atomic E-state index is 9.97. The van der Waals surface area contributed by atoms with Crippen LogP contribution in [0, 0.1) is 5.92 Å². The molecule has 3 nitrogen and oxygen atoms in total. The topological polar surface area (TPSA) is 49.7 Å². The van der Waals surface area contributed by atoms with Crippen LogP contribution in [-0.4, -0.2) is 22.9 Å². The fraction of sp³-hybridized carbons (Fsp3) is 0.538. The van der Waals surface area contributed by atoms with Crippen LogP contribution in [0.4, 0.5) is 0 Å². The Balaban J connectivity index is 1.96. The Bertz CT molecular complexity index is 356. The normalized spacial score (nSPS) is 29.9. The van der Waals surface area contributed by atoms with E-state index in [4.69, 9.17) is 4.74 Å². The third-order valence-electron chi connectivity index (χ3n) is 3.39. The predicted octanol–water partition coefficient (Wildman–Crippen LogP) is 1.89. The molecule has 0 aromatic heterocycles. The zero-order valence-corrected chi connectivity index (χ0v) is 9.68. The van der Waals surface area contributed by atoms with Crippen molar-refractivity contribution in [3.05, 3.63) is 29.8 Å². The fourth-order valence-corrected chi connectivity index (χ4v) is 2.01. The first-order chi connectivity index (χ1) is 7.53. The molecule has 0 heterocycles. The van der Waals surface area contributed by atoms with E-state index in [0.717, 1.165) is 17.7 Å². The van der Waals surface area contributed by atoms with Crippen LogP contribution in [-0.2, 0) is 0 Å². The van der Waals surface area contributed by atoms with Gasteiger partial charge in [-0.05, 0) is 43.4 Å². The van der Waals surface area contributed by atoms with Gasteiger partial charge in [-0.15, -0.1) is 0 Å². The molecule has 0 spiro atoms. The summed E-state index contributed by atoms with van der Waals surface area (Å²) in [6.07, 6.45) is 0.921. The summed E-state index contributed by atoms with van der Waals surface area (Å²) in [5.41, 5.74) is 0.316. The van der Waals surface area contributed by atoms with Crippen LogP contribution in [0.3, 0.4) is 0 Å². The molecule has 1 aromatic carbocycles. The standard InChI is InChI=1S/C13H18O3/c1-13(15)8-10(13)7-12(14)9-3-5-11(16-2)6-4-9/h3-6,10,12,14-15H,7-8H2,1-2H3. The molecule has 0 radical (unpaired) electrons. The maximum atomic E-state index is 9.97. The number of rotatable bonds is 4. The molecule has 1 aliphatic carbocycles. The van der Waals surface area contributed by atoms with Gasteiger partial charge in [0.15, 0.2) is 0 Å². The molecule has 0 bridgehead atoms. The SMILES string of the molecule is COc1ccc(C(O)CC2CC2(C)O)cc1. The van der Waals surface area contributed by atoms with Gasteiger partial charge in [0.05, 0.1) is 18.8 Å². The minimum atomic E-state index is -0.562. The second-order valence-corrected chi connectivity index (χ2v) is 4.78. The van der Waals surface area contributed by atoms with E-state index in [1.54, 1.807) is 7.11 Å². The summed E-state index contributed by atoms with van der Waals surface area (Å²) in [6, 6.07) is 7.40. The third-order valence-corrected chi connectivity index (χ3v) is 3.39. The van der Waals surface area contributed by atoms with Gasteiger partial charge in [-0.25, -0.2) is 0 Å². The highest BCUT2D eigenvalue weighted by atomic mass is 16.5. The Hall–Kier alpha value is -1.06. The lowest BCUT2D eigenvalue weighted by Crippen LogP contribution is -2.07. The summed E-state index contributed by atoms with van der Waals surface area (Å²) in [4.78, 5) is 0. The van der Waals surface area contributed by atoms with Crippen LogP contribution >= 0.6 is 0 Å². The van der Waals surface area contributed by atoms with Crippen LogP contribution in [0.1, 0.15) is 31.4 Å². The van der Waals surface area contributed by atoms with Crippen LogP contribution in [0.25, 0.3) is 0 Å². The molecular weight excluding hydrogens is 204 g/mol. The number of aliphatic hydroxyl groups is 2. The fourth-order valence-electron chi connectivity index (χ4n) is 2.01. The molecule has 1 aliphatic rings. The molecule has 16 heavy (non-hydrogen) atoms. The highest BCUT2D eigenvalue weighted by molar-refractivity contribution is 5.28. The number of hydrogen-bond acceptors (Lipinski definition) is 3. The molecule has 3 atom stereocenters. The summed E-state index contributed by atoms with van der Waals surface area (Å²) in [7, 11) is 1.62. The van der Waals surface area contributed by atoms with Crippen molar-refractivity contribution in [1.29, 1.82) is 0 Å². The molecule has 88 valence electrons. The number of hydrogen-bond donors (Lipinski definition) is 2. The summed E-state index contributed by atoms with van der Waals surface area (Å²) in [5, 5.41) is 19.6. The first-order valence-electron chi connectivity index (χ1n) is 5.57. The van der Waals surface area contributed by atoms with E-state index in [0.29, 0.717) is 6.42 Å². The second kappa shape index (κ2) is 4.07. The number of methoxy groups -OCH3 is 1.